The van der Waals surface area contributed by atoms with Crippen LogP contribution >= 0.6 is 0 Å². The van der Waals surface area contributed by atoms with Crippen molar-refractivity contribution < 1.29 is 0 Å². The summed E-state index contributed by atoms with van der Waals surface area (Å²) in [7, 11) is 0. The summed E-state index contributed by atoms with van der Waals surface area (Å²) in [6.45, 7) is 11.3. The standard InChI is InChI=1S/C14H25N5/c1-6-7-9-10(16-8-17-11(9)19-15)18-12-13(2,3)14(12,4)5/h8,12H,6-7,15H2,1-5H3,(H2,16,17,18,19). The number of aromatic nitrogens is 2. The van der Waals surface area contributed by atoms with Crippen molar-refractivity contribution in [3.05, 3.63) is 11.9 Å². The molecule has 5 nitrogen and oxygen atoms in total. The van der Waals surface area contributed by atoms with Crippen LogP contribution in [0.15, 0.2) is 6.33 Å². The molecule has 1 aliphatic carbocycles. The van der Waals surface area contributed by atoms with Gasteiger partial charge in [-0.15, -0.1) is 0 Å². The number of rotatable bonds is 5. The molecule has 0 saturated heterocycles. The van der Waals surface area contributed by atoms with E-state index >= 15 is 0 Å². The molecule has 1 aliphatic rings. The van der Waals surface area contributed by atoms with Gasteiger partial charge in [-0.2, -0.15) is 0 Å². The highest BCUT2D eigenvalue weighted by Gasteiger charge is 2.65. The minimum atomic E-state index is 0.276. The Labute approximate surface area is 115 Å². The van der Waals surface area contributed by atoms with E-state index in [1.54, 1.807) is 6.33 Å². The number of hydrogen-bond donors (Lipinski definition) is 3. The average molecular weight is 263 g/mol. The smallest absolute Gasteiger partial charge is 0.148 e. The topological polar surface area (TPSA) is 75.9 Å². The lowest BCUT2D eigenvalue weighted by Crippen LogP contribution is -2.17. The van der Waals surface area contributed by atoms with Gasteiger partial charge in [0.1, 0.15) is 18.0 Å². The van der Waals surface area contributed by atoms with Crippen molar-refractivity contribution >= 4 is 11.6 Å². The van der Waals surface area contributed by atoms with Gasteiger partial charge in [0.15, 0.2) is 0 Å². The summed E-state index contributed by atoms with van der Waals surface area (Å²) in [5, 5.41) is 3.58. The van der Waals surface area contributed by atoms with Gasteiger partial charge in [-0.05, 0) is 17.3 Å². The minimum absolute atomic E-state index is 0.276. The van der Waals surface area contributed by atoms with Crippen molar-refractivity contribution in [3.8, 4) is 0 Å². The Morgan fingerprint density at radius 2 is 1.74 bits per heavy atom. The molecule has 0 amide bonds. The molecule has 19 heavy (non-hydrogen) atoms. The average Bonchev–Trinajstić information content (AvgIpc) is 2.74. The fraction of sp³-hybridized carbons (Fsp3) is 0.714. The van der Waals surface area contributed by atoms with Crippen LogP contribution < -0.4 is 16.6 Å². The van der Waals surface area contributed by atoms with Crippen molar-refractivity contribution in [2.75, 3.05) is 10.7 Å². The fourth-order valence-corrected chi connectivity index (χ4v) is 2.84. The number of nitrogens with zero attached hydrogens (tertiary/aromatic N) is 2. The van der Waals surface area contributed by atoms with Crippen LogP contribution in [0.25, 0.3) is 0 Å². The van der Waals surface area contributed by atoms with Crippen LogP contribution in [-0.2, 0) is 6.42 Å². The van der Waals surface area contributed by atoms with Crippen molar-refractivity contribution in [2.24, 2.45) is 16.7 Å². The predicted octanol–water partition coefficient (Wildman–Crippen LogP) is 2.56. The number of nitrogen functional groups attached to an aromatic ring is 1. The number of hydrazine groups is 1. The maximum Gasteiger partial charge on any atom is 0.148 e. The van der Waals surface area contributed by atoms with Gasteiger partial charge in [0, 0.05) is 11.6 Å². The van der Waals surface area contributed by atoms with Gasteiger partial charge >= 0.3 is 0 Å². The van der Waals surface area contributed by atoms with Gasteiger partial charge < -0.3 is 10.7 Å². The number of hydrogen-bond acceptors (Lipinski definition) is 5. The Morgan fingerprint density at radius 3 is 2.21 bits per heavy atom. The lowest BCUT2D eigenvalue weighted by atomic mass is 10.0. The van der Waals surface area contributed by atoms with Gasteiger partial charge in [0.05, 0.1) is 0 Å². The Bertz CT molecular complexity index is 453. The van der Waals surface area contributed by atoms with E-state index in [0.29, 0.717) is 6.04 Å². The van der Waals surface area contributed by atoms with Gasteiger partial charge in [-0.1, -0.05) is 41.0 Å². The molecule has 0 atom stereocenters. The molecular formula is C14H25N5. The number of nitrogens with one attached hydrogen (secondary N) is 2. The monoisotopic (exact) mass is 263 g/mol. The third kappa shape index (κ3) is 2.16. The first kappa shape index (κ1) is 14.1. The highest BCUT2D eigenvalue weighted by molar-refractivity contribution is 5.58. The van der Waals surface area contributed by atoms with E-state index in [0.717, 1.165) is 30.0 Å². The molecule has 4 N–H and O–H groups in total. The molecule has 1 saturated carbocycles. The maximum absolute atomic E-state index is 5.53. The SMILES string of the molecule is CCCc1c(NN)ncnc1NC1C(C)(C)C1(C)C. The van der Waals surface area contributed by atoms with Crippen LogP contribution in [0.5, 0.6) is 0 Å². The summed E-state index contributed by atoms with van der Waals surface area (Å²) in [5.41, 5.74) is 4.29. The Hall–Kier alpha value is -1.36. The molecule has 1 fully saturated rings. The molecule has 0 bridgehead atoms. The first-order valence-corrected chi connectivity index (χ1v) is 6.93. The van der Waals surface area contributed by atoms with Crippen molar-refractivity contribution in [3.63, 3.8) is 0 Å². The molecule has 1 heterocycles. The zero-order chi connectivity index (χ0) is 14.3. The van der Waals surface area contributed by atoms with E-state index in [1.807, 2.05) is 0 Å². The van der Waals surface area contributed by atoms with Crippen molar-refractivity contribution in [1.29, 1.82) is 0 Å². The van der Waals surface area contributed by atoms with Crippen LogP contribution in [0.1, 0.15) is 46.6 Å². The quantitative estimate of drug-likeness (QED) is 0.562. The van der Waals surface area contributed by atoms with E-state index in [4.69, 9.17) is 5.84 Å². The zero-order valence-electron chi connectivity index (χ0n) is 12.5. The summed E-state index contributed by atoms with van der Waals surface area (Å²) in [6.07, 6.45) is 3.50. The molecule has 1 aromatic heterocycles. The van der Waals surface area contributed by atoms with Gasteiger partial charge in [0.25, 0.3) is 0 Å². The van der Waals surface area contributed by atoms with Gasteiger partial charge in [-0.3, -0.25) is 0 Å². The molecule has 5 heteroatoms. The second-order valence-electron chi connectivity index (χ2n) is 6.46. The van der Waals surface area contributed by atoms with E-state index in [-0.39, 0.29) is 10.8 Å². The highest BCUT2D eigenvalue weighted by Crippen LogP contribution is 2.63. The van der Waals surface area contributed by atoms with Crippen molar-refractivity contribution in [2.45, 2.75) is 53.5 Å². The molecular weight excluding hydrogens is 238 g/mol. The third-order valence-corrected chi connectivity index (χ3v) is 4.88. The summed E-state index contributed by atoms with van der Waals surface area (Å²) in [5.74, 6) is 7.16. The zero-order valence-corrected chi connectivity index (χ0v) is 12.5. The van der Waals surface area contributed by atoms with E-state index in [1.165, 1.54) is 0 Å². The summed E-state index contributed by atoms with van der Waals surface area (Å²) in [6, 6.07) is 0.427. The van der Waals surface area contributed by atoms with Crippen LogP contribution in [0.3, 0.4) is 0 Å². The molecule has 106 valence electrons. The van der Waals surface area contributed by atoms with E-state index in [9.17, 15) is 0 Å². The second kappa shape index (κ2) is 4.63. The number of anilines is 2. The second-order valence-corrected chi connectivity index (χ2v) is 6.46. The van der Waals surface area contributed by atoms with Crippen LogP contribution in [0, 0.1) is 10.8 Å². The molecule has 0 aromatic carbocycles. The molecule has 0 unspecified atom stereocenters. The molecule has 1 aromatic rings. The Balaban J connectivity index is 2.26. The van der Waals surface area contributed by atoms with Crippen molar-refractivity contribution in [1.82, 2.24) is 9.97 Å². The lowest BCUT2D eigenvalue weighted by Gasteiger charge is -2.14. The third-order valence-electron chi connectivity index (χ3n) is 4.88. The summed E-state index contributed by atoms with van der Waals surface area (Å²) >= 11 is 0. The first-order chi connectivity index (χ1) is 8.86. The first-order valence-electron chi connectivity index (χ1n) is 6.93. The minimum Gasteiger partial charge on any atom is -0.366 e. The van der Waals surface area contributed by atoms with E-state index in [2.05, 4.69) is 55.3 Å². The summed E-state index contributed by atoms with van der Waals surface area (Å²) < 4.78 is 0. The number of nitrogens with two attached hydrogens (primary N) is 1. The lowest BCUT2D eigenvalue weighted by molar-refractivity contribution is 0.457. The highest BCUT2D eigenvalue weighted by atomic mass is 15.3. The van der Waals surface area contributed by atoms with Crippen LogP contribution in [-0.4, -0.2) is 16.0 Å². The maximum atomic E-state index is 5.53. The van der Waals surface area contributed by atoms with E-state index < -0.39 is 0 Å². The molecule has 0 spiro atoms. The van der Waals surface area contributed by atoms with Gasteiger partial charge in [0.2, 0.25) is 0 Å². The molecule has 2 rings (SSSR count). The normalized spacial score (nSPS) is 20.1. The fourth-order valence-electron chi connectivity index (χ4n) is 2.84. The molecule has 0 aliphatic heterocycles. The van der Waals surface area contributed by atoms with Gasteiger partial charge in [-0.25, -0.2) is 15.8 Å². The summed E-state index contributed by atoms with van der Waals surface area (Å²) in [4.78, 5) is 8.59. The van der Waals surface area contributed by atoms with Crippen LogP contribution in [0.4, 0.5) is 11.6 Å². The molecule has 0 radical (unpaired) electrons. The largest absolute Gasteiger partial charge is 0.366 e. The Morgan fingerprint density at radius 1 is 1.16 bits per heavy atom. The van der Waals surface area contributed by atoms with Crippen LogP contribution in [0.2, 0.25) is 0 Å². The predicted molar refractivity (Wildman–Crippen MR) is 78.8 cm³/mol. The Kier molecular flexibility index (Phi) is 3.43.